The lowest BCUT2D eigenvalue weighted by Crippen LogP contribution is -2.14. The van der Waals surface area contributed by atoms with E-state index in [4.69, 9.17) is 14.4 Å². The van der Waals surface area contributed by atoms with Gasteiger partial charge in [0.1, 0.15) is 11.2 Å². The number of aromatic nitrogens is 2. The lowest BCUT2D eigenvalue weighted by atomic mass is 9.82. The van der Waals surface area contributed by atoms with Crippen LogP contribution in [0.15, 0.2) is 174 Å². The summed E-state index contributed by atoms with van der Waals surface area (Å²) >= 11 is 0. The van der Waals surface area contributed by atoms with Gasteiger partial charge in [-0.15, -0.1) is 0 Å². The van der Waals surface area contributed by atoms with Gasteiger partial charge in [0.2, 0.25) is 0 Å². The second-order valence-electron chi connectivity index (χ2n) is 15.7. The smallest absolute Gasteiger partial charge is 0.143 e. The first-order valence-corrected chi connectivity index (χ1v) is 19.3. The summed E-state index contributed by atoms with van der Waals surface area (Å²) in [6.45, 7) is 4.67. The van der Waals surface area contributed by atoms with Gasteiger partial charge in [0.05, 0.1) is 22.9 Å². The van der Waals surface area contributed by atoms with Crippen molar-refractivity contribution in [2.45, 2.75) is 19.3 Å². The third-order valence-corrected chi connectivity index (χ3v) is 12.3. The van der Waals surface area contributed by atoms with Crippen molar-refractivity contribution in [2.75, 3.05) is 0 Å². The lowest BCUT2D eigenvalue weighted by Gasteiger charge is -2.21. The van der Waals surface area contributed by atoms with Gasteiger partial charge in [-0.2, -0.15) is 0 Å². The molecule has 2 aromatic heterocycles. The van der Waals surface area contributed by atoms with Crippen molar-refractivity contribution in [1.82, 2.24) is 9.97 Å². The first-order chi connectivity index (χ1) is 27.5. The Labute approximate surface area is 323 Å². The molecule has 12 rings (SSSR count). The van der Waals surface area contributed by atoms with Crippen LogP contribution >= 0.6 is 0 Å². The molecule has 3 heteroatoms. The summed E-state index contributed by atoms with van der Waals surface area (Å²) in [5.74, 6) is 0. The van der Waals surface area contributed by atoms with Gasteiger partial charge in [0.25, 0.3) is 0 Å². The van der Waals surface area contributed by atoms with Crippen LogP contribution in [0, 0.1) is 0 Å². The molecule has 0 aliphatic heterocycles. The fraction of sp³-hybridized carbons (Fsp3) is 0.0566. The van der Waals surface area contributed by atoms with Crippen molar-refractivity contribution in [2.24, 2.45) is 0 Å². The van der Waals surface area contributed by atoms with E-state index in [9.17, 15) is 0 Å². The van der Waals surface area contributed by atoms with E-state index in [1.165, 1.54) is 49.4 Å². The van der Waals surface area contributed by atoms with E-state index < -0.39 is 0 Å². The van der Waals surface area contributed by atoms with Crippen molar-refractivity contribution < 1.29 is 4.42 Å². The van der Waals surface area contributed by atoms with Crippen LogP contribution in [0.2, 0.25) is 0 Å². The second-order valence-corrected chi connectivity index (χ2v) is 15.7. The molecule has 0 saturated carbocycles. The molecule has 0 N–H and O–H groups in total. The SMILES string of the molecule is CC1(C)c2ccccc2-c2cc(-c3cc(-c4cccc(-c5cnc6c7ccccc7c7ccccc7c6n5)c4)c4oc5ccc6ccccc6c5c4c3)ccc21. The standard InChI is InChI=1S/C53H34N2O/c1-53(2)45-21-10-9-18-39(45)43-27-32(22-24-46(43)53)35-28-42(52-44(29-35)49-36-15-4-3-12-31(36)23-25-48(49)56-52)33-13-11-14-34(26-33)47-30-54-50-40-19-7-5-16-37(40)38-17-6-8-20-41(38)51(50)55-47/h3-30H,1-2H3. The zero-order chi connectivity index (χ0) is 37.1. The van der Waals surface area contributed by atoms with Crippen molar-refractivity contribution >= 4 is 65.3 Å². The van der Waals surface area contributed by atoms with Crippen LogP contribution in [-0.2, 0) is 5.41 Å². The monoisotopic (exact) mass is 714 g/mol. The minimum absolute atomic E-state index is 0.0509. The van der Waals surface area contributed by atoms with Crippen molar-refractivity contribution in [3.8, 4) is 44.6 Å². The van der Waals surface area contributed by atoms with Crippen molar-refractivity contribution in [3.63, 3.8) is 0 Å². The summed E-state index contributed by atoms with van der Waals surface area (Å²) in [5, 5.41) is 9.24. The molecule has 0 amide bonds. The highest BCUT2D eigenvalue weighted by Gasteiger charge is 2.35. The lowest BCUT2D eigenvalue weighted by molar-refractivity contribution is 0.660. The number of hydrogen-bond donors (Lipinski definition) is 0. The fourth-order valence-electron chi connectivity index (χ4n) is 9.54. The van der Waals surface area contributed by atoms with Crippen LogP contribution in [0.5, 0.6) is 0 Å². The van der Waals surface area contributed by atoms with Gasteiger partial charge in [0, 0.05) is 38.1 Å². The van der Waals surface area contributed by atoms with E-state index in [0.29, 0.717) is 0 Å². The van der Waals surface area contributed by atoms with E-state index in [-0.39, 0.29) is 5.41 Å². The summed E-state index contributed by atoms with van der Waals surface area (Å²) in [6.07, 6.45) is 1.92. The Morgan fingerprint density at radius 1 is 0.446 bits per heavy atom. The quantitative estimate of drug-likeness (QED) is 0.171. The molecular weight excluding hydrogens is 681 g/mol. The van der Waals surface area contributed by atoms with Crippen molar-refractivity contribution in [3.05, 3.63) is 181 Å². The first kappa shape index (κ1) is 31.3. The minimum atomic E-state index is -0.0509. The highest BCUT2D eigenvalue weighted by molar-refractivity contribution is 6.23. The van der Waals surface area contributed by atoms with Gasteiger partial charge >= 0.3 is 0 Å². The Morgan fingerprint density at radius 2 is 1.12 bits per heavy atom. The Morgan fingerprint density at radius 3 is 1.96 bits per heavy atom. The number of benzene rings is 9. The summed E-state index contributed by atoms with van der Waals surface area (Å²) in [7, 11) is 0. The highest BCUT2D eigenvalue weighted by atomic mass is 16.3. The molecule has 1 aliphatic rings. The summed E-state index contributed by atoms with van der Waals surface area (Å²) < 4.78 is 6.85. The Hall–Kier alpha value is -7.10. The Kier molecular flexibility index (Phi) is 6.40. The fourth-order valence-corrected chi connectivity index (χ4v) is 9.54. The van der Waals surface area contributed by atoms with Gasteiger partial charge in [-0.05, 0) is 90.8 Å². The normalized spacial score (nSPS) is 13.3. The van der Waals surface area contributed by atoms with Crippen LogP contribution in [0.4, 0.5) is 0 Å². The van der Waals surface area contributed by atoms with Crippen LogP contribution in [0.1, 0.15) is 25.0 Å². The molecule has 0 unspecified atom stereocenters. The zero-order valence-electron chi connectivity index (χ0n) is 31.0. The van der Waals surface area contributed by atoms with Crippen LogP contribution in [0.25, 0.3) is 110 Å². The topological polar surface area (TPSA) is 38.9 Å². The van der Waals surface area contributed by atoms with E-state index >= 15 is 0 Å². The third-order valence-electron chi connectivity index (χ3n) is 12.3. The average molecular weight is 715 g/mol. The molecule has 1 aliphatic carbocycles. The van der Waals surface area contributed by atoms with E-state index in [0.717, 1.165) is 71.7 Å². The number of fused-ring (bicyclic) bond motifs is 14. The van der Waals surface area contributed by atoms with Crippen LogP contribution < -0.4 is 0 Å². The summed E-state index contributed by atoms with van der Waals surface area (Å²) in [5.41, 5.74) is 15.2. The number of hydrogen-bond acceptors (Lipinski definition) is 3. The zero-order valence-corrected chi connectivity index (χ0v) is 31.0. The maximum absolute atomic E-state index is 6.85. The van der Waals surface area contributed by atoms with Crippen LogP contribution in [-0.4, -0.2) is 9.97 Å². The first-order valence-electron chi connectivity index (χ1n) is 19.3. The molecule has 0 bridgehead atoms. The maximum Gasteiger partial charge on any atom is 0.143 e. The third kappa shape index (κ3) is 4.40. The predicted molar refractivity (Wildman–Crippen MR) is 233 cm³/mol. The number of nitrogens with zero attached hydrogens (tertiary/aromatic N) is 2. The molecule has 262 valence electrons. The van der Waals surface area contributed by atoms with Crippen molar-refractivity contribution in [1.29, 1.82) is 0 Å². The van der Waals surface area contributed by atoms with Gasteiger partial charge in [0.15, 0.2) is 0 Å². The molecule has 3 nitrogen and oxygen atoms in total. The largest absolute Gasteiger partial charge is 0.455 e. The molecule has 0 fully saturated rings. The minimum Gasteiger partial charge on any atom is -0.455 e. The number of furan rings is 1. The average Bonchev–Trinajstić information content (AvgIpc) is 3.75. The Balaban J connectivity index is 1.09. The molecule has 9 aromatic carbocycles. The maximum atomic E-state index is 6.85. The molecule has 11 aromatic rings. The highest BCUT2D eigenvalue weighted by Crippen LogP contribution is 2.50. The van der Waals surface area contributed by atoms with Gasteiger partial charge in [-0.1, -0.05) is 147 Å². The molecular formula is C53H34N2O. The summed E-state index contributed by atoms with van der Waals surface area (Å²) in [6, 6.07) is 59.1. The molecule has 0 atom stereocenters. The molecule has 2 heterocycles. The van der Waals surface area contributed by atoms with E-state index in [2.05, 4.69) is 178 Å². The van der Waals surface area contributed by atoms with Gasteiger partial charge in [-0.3, -0.25) is 4.98 Å². The summed E-state index contributed by atoms with van der Waals surface area (Å²) in [4.78, 5) is 10.4. The van der Waals surface area contributed by atoms with Gasteiger partial charge in [-0.25, -0.2) is 4.98 Å². The van der Waals surface area contributed by atoms with E-state index in [1.54, 1.807) is 0 Å². The molecule has 0 spiro atoms. The van der Waals surface area contributed by atoms with E-state index in [1.807, 2.05) is 6.20 Å². The predicted octanol–water partition coefficient (Wildman–Crippen LogP) is 14.3. The van der Waals surface area contributed by atoms with Gasteiger partial charge < -0.3 is 4.42 Å². The second kappa shape index (κ2) is 11.5. The molecule has 0 radical (unpaired) electrons. The van der Waals surface area contributed by atoms with Crippen LogP contribution in [0.3, 0.4) is 0 Å². The Bertz CT molecular complexity index is 3430. The number of rotatable bonds is 3. The molecule has 0 saturated heterocycles. The molecule has 56 heavy (non-hydrogen) atoms.